The number of H-pyrrole nitrogens is 1. The largest absolute Gasteiger partial charge is 0.331 e. The molecule has 17 heavy (non-hydrogen) atoms. The molecule has 0 aliphatic heterocycles. The van der Waals surface area contributed by atoms with Crippen LogP contribution in [-0.2, 0) is 6.54 Å². The van der Waals surface area contributed by atoms with Crippen molar-refractivity contribution in [3.8, 4) is 0 Å². The fourth-order valence-corrected chi connectivity index (χ4v) is 2.74. The molecule has 1 aliphatic carbocycles. The lowest BCUT2D eigenvalue weighted by Gasteiger charge is -2.25. The van der Waals surface area contributed by atoms with Gasteiger partial charge in [-0.3, -0.25) is 0 Å². The third-order valence-electron chi connectivity index (χ3n) is 3.72. The van der Waals surface area contributed by atoms with Gasteiger partial charge in [0.25, 0.3) is 0 Å². The Kier molecular flexibility index (Phi) is 2.74. The van der Waals surface area contributed by atoms with E-state index in [9.17, 15) is 4.39 Å². The molecular formula is C13H15FN2S. The maximum absolute atomic E-state index is 13.2. The Balaban J connectivity index is 1.93. The van der Waals surface area contributed by atoms with Crippen LogP contribution >= 0.6 is 12.2 Å². The fraction of sp³-hybridized carbons (Fsp3) is 0.462. The molecule has 0 bridgehead atoms. The molecule has 1 fully saturated rings. The number of nitrogens with zero attached hydrogens (tertiary/aromatic N) is 1. The van der Waals surface area contributed by atoms with Gasteiger partial charge in [0.1, 0.15) is 5.82 Å². The van der Waals surface area contributed by atoms with Crippen molar-refractivity contribution in [3.63, 3.8) is 0 Å². The standard InChI is InChI=1S/C13H15FN2S/c14-10-4-5-11-12(8-10)16(13(17)15-11)7-6-9-2-1-3-9/h4-5,8-9H,1-3,6-7H2,(H,15,17). The van der Waals surface area contributed by atoms with E-state index >= 15 is 0 Å². The van der Waals surface area contributed by atoms with Gasteiger partial charge >= 0.3 is 0 Å². The van der Waals surface area contributed by atoms with Crippen LogP contribution in [0.15, 0.2) is 18.2 Å². The highest BCUT2D eigenvalue weighted by atomic mass is 32.1. The SMILES string of the molecule is Fc1ccc2[nH]c(=S)n(CCC3CCC3)c2c1. The van der Waals surface area contributed by atoms with Crippen molar-refractivity contribution in [2.45, 2.75) is 32.2 Å². The minimum atomic E-state index is -0.205. The lowest BCUT2D eigenvalue weighted by molar-refractivity contribution is 0.283. The molecule has 4 heteroatoms. The van der Waals surface area contributed by atoms with Gasteiger partial charge in [-0.05, 0) is 42.8 Å². The van der Waals surface area contributed by atoms with Crippen LogP contribution in [0.25, 0.3) is 11.0 Å². The van der Waals surface area contributed by atoms with E-state index in [2.05, 4.69) is 4.98 Å². The predicted octanol–water partition coefficient (Wildman–Crippen LogP) is 4.03. The van der Waals surface area contributed by atoms with E-state index in [1.807, 2.05) is 4.57 Å². The second-order valence-corrected chi connectivity index (χ2v) is 5.22. The maximum Gasteiger partial charge on any atom is 0.178 e. The van der Waals surface area contributed by atoms with Crippen molar-refractivity contribution < 1.29 is 4.39 Å². The van der Waals surface area contributed by atoms with E-state index in [4.69, 9.17) is 12.2 Å². The zero-order valence-electron chi connectivity index (χ0n) is 9.58. The van der Waals surface area contributed by atoms with Crippen LogP contribution in [0.1, 0.15) is 25.7 Å². The van der Waals surface area contributed by atoms with E-state index in [1.54, 1.807) is 12.1 Å². The van der Waals surface area contributed by atoms with Crippen LogP contribution in [0.2, 0.25) is 0 Å². The van der Waals surface area contributed by atoms with E-state index in [0.29, 0.717) is 4.77 Å². The van der Waals surface area contributed by atoms with Gasteiger partial charge in [-0.1, -0.05) is 19.3 Å². The number of halogens is 1. The third kappa shape index (κ3) is 2.02. The minimum absolute atomic E-state index is 0.205. The predicted molar refractivity (Wildman–Crippen MR) is 69.0 cm³/mol. The summed E-state index contributed by atoms with van der Waals surface area (Å²) < 4.78 is 16.0. The molecule has 2 aromatic rings. The molecule has 1 heterocycles. The molecule has 0 atom stereocenters. The number of imidazole rings is 1. The number of aromatic amines is 1. The summed E-state index contributed by atoms with van der Waals surface area (Å²) in [5.74, 6) is 0.638. The lowest BCUT2D eigenvalue weighted by atomic mass is 9.83. The number of aryl methyl sites for hydroxylation is 1. The summed E-state index contributed by atoms with van der Waals surface area (Å²) in [6.07, 6.45) is 5.18. The summed E-state index contributed by atoms with van der Waals surface area (Å²) in [6.45, 7) is 0.896. The highest BCUT2D eigenvalue weighted by molar-refractivity contribution is 7.71. The summed E-state index contributed by atoms with van der Waals surface area (Å²) >= 11 is 5.29. The smallest absolute Gasteiger partial charge is 0.178 e. The van der Waals surface area contributed by atoms with Gasteiger partial charge in [0, 0.05) is 6.54 Å². The van der Waals surface area contributed by atoms with E-state index in [-0.39, 0.29) is 5.82 Å². The first-order valence-electron chi connectivity index (χ1n) is 6.12. The minimum Gasteiger partial charge on any atom is -0.331 e. The molecule has 0 saturated heterocycles. The number of aromatic nitrogens is 2. The summed E-state index contributed by atoms with van der Waals surface area (Å²) in [5.41, 5.74) is 1.80. The molecule has 90 valence electrons. The first-order valence-corrected chi connectivity index (χ1v) is 6.53. The Labute approximate surface area is 104 Å². The Bertz CT molecular complexity index is 595. The molecule has 3 rings (SSSR count). The zero-order chi connectivity index (χ0) is 11.8. The van der Waals surface area contributed by atoms with Gasteiger partial charge in [-0.25, -0.2) is 4.39 Å². The van der Waals surface area contributed by atoms with Crippen molar-refractivity contribution in [2.75, 3.05) is 0 Å². The number of hydrogen-bond donors (Lipinski definition) is 1. The monoisotopic (exact) mass is 250 g/mol. The summed E-state index contributed by atoms with van der Waals surface area (Å²) in [7, 11) is 0. The number of fused-ring (bicyclic) bond motifs is 1. The van der Waals surface area contributed by atoms with E-state index < -0.39 is 0 Å². The number of nitrogens with one attached hydrogen (secondary N) is 1. The van der Waals surface area contributed by atoms with Gasteiger partial charge in [-0.2, -0.15) is 0 Å². The van der Waals surface area contributed by atoms with Crippen molar-refractivity contribution in [1.82, 2.24) is 9.55 Å². The van der Waals surface area contributed by atoms with Crippen LogP contribution in [0, 0.1) is 16.5 Å². The van der Waals surface area contributed by atoms with Crippen LogP contribution in [0.5, 0.6) is 0 Å². The normalized spacial score (nSPS) is 16.3. The maximum atomic E-state index is 13.2. The van der Waals surface area contributed by atoms with Crippen LogP contribution in [0.4, 0.5) is 4.39 Å². The number of hydrogen-bond acceptors (Lipinski definition) is 1. The molecule has 0 amide bonds. The van der Waals surface area contributed by atoms with Crippen molar-refractivity contribution in [2.24, 2.45) is 5.92 Å². The second kappa shape index (κ2) is 4.26. The molecule has 0 spiro atoms. The molecule has 0 radical (unpaired) electrons. The quantitative estimate of drug-likeness (QED) is 0.816. The molecule has 1 saturated carbocycles. The Morgan fingerprint density at radius 3 is 2.94 bits per heavy atom. The molecule has 1 aliphatic rings. The summed E-state index contributed by atoms with van der Waals surface area (Å²) in [4.78, 5) is 3.13. The van der Waals surface area contributed by atoms with Gasteiger partial charge in [-0.15, -0.1) is 0 Å². The molecule has 1 aromatic heterocycles. The van der Waals surface area contributed by atoms with Crippen LogP contribution < -0.4 is 0 Å². The third-order valence-corrected chi connectivity index (χ3v) is 4.05. The summed E-state index contributed by atoms with van der Waals surface area (Å²) in [6, 6.07) is 4.77. The van der Waals surface area contributed by atoms with Crippen molar-refractivity contribution in [1.29, 1.82) is 0 Å². The number of benzene rings is 1. The number of rotatable bonds is 3. The first kappa shape index (κ1) is 11.0. The Morgan fingerprint density at radius 1 is 1.41 bits per heavy atom. The van der Waals surface area contributed by atoms with Crippen molar-refractivity contribution >= 4 is 23.3 Å². The summed E-state index contributed by atoms with van der Waals surface area (Å²) in [5, 5.41) is 0. The van der Waals surface area contributed by atoms with Gasteiger partial charge in [0.2, 0.25) is 0 Å². The van der Waals surface area contributed by atoms with Gasteiger partial charge in [0.15, 0.2) is 4.77 Å². The zero-order valence-corrected chi connectivity index (χ0v) is 10.4. The van der Waals surface area contributed by atoms with Gasteiger partial charge in [0.05, 0.1) is 11.0 Å². The van der Waals surface area contributed by atoms with Crippen LogP contribution in [0.3, 0.4) is 0 Å². The first-order chi connectivity index (χ1) is 8.24. The topological polar surface area (TPSA) is 20.7 Å². The average molecular weight is 250 g/mol. The fourth-order valence-electron chi connectivity index (χ4n) is 2.44. The Hall–Kier alpha value is -1.16. The highest BCUT2D eigenvalue weighted by Crippen LogP contribution is 2.30. The van der Waals surface area contributed by atoms with E-state index in [1.165, 1.54) is 25.3 Å². The average Bonchev–Trinajstić information content (AvgIpc) is 2.53. The van der Waals surface area contributed by atoms with E-state index in [0.717, 1.165) is 29.9 Å². The van der Waals surface area contributed by atoms with Gasteiger partial charge < -0.3 is 9.55 Å². The molecule has 1 aromatic carbocycles. The molecule has 2 nitrogen and oxygen atoms in total. The van der Waals surface area contributed by atoms with Crippen molar-refractivity contribution in [3.05, 3.63) is 28.8 Å². The highest BCUT2D eigenvalue weighted by Gasteiger charge is 2.17. The molecular weight excluding hydrogens is 235 g/mol. The lowest BCUT2D eigenvalue weighted by Crippen LogP contribution is -2.13. The van der Waals surface area contributed by atoms with Crippen LogP contribution in [-0.4, -0.2) is 9.55 Å². The Morgan fingerprint density at radius 2 is 2.24 bits per heavy atom. The molecule has 0 unspecified atom stereocenters. The molecule has 1 N–H and O–H groups in total. The second-order valence-electron chi connectivity index (χ2n) is 4.83.